The van der Waals surface area contributed by atoms with Crippen LogP contribution in [0.25, 0.3) is 5.69 Å². The first-order chi connectivity index (χ1) is 18.2. The minimum atomic E-state index is -4.89. The van der Waals surface area contributed by atoms with E-state index in [2.05, 4.69) is 20.3 Å². The van der Waals surface area contributed by atoms with E-state index in [1.54, 1.807) is 35.9 Å². The second-order valence-corrected chi connectivity index (χ2v) is 8.77. The number of para-hydroxylation sites is 3. The van der Waals surface area contributed by atoms with Crippen molar-refractivity contribution in [3.8, 4) is 22.9 Å². The van der Waals surface area contributed by atoms with Crippen molar-refractivity contribution in [2.75, 3.05) is 18.2 Å². The fourth-order valence-electron chi connectivity index (χ4n) is 3.49. The molecule has 0 radical (unpaired) electrons. The van der Waals surface area contributed by atoms with E-state index in [1.807, 2.05) is 37.3 Å². The molecule has 0 bridgehead atoms. The van der Waals surface area contributed by atoms with Crippen LogP contribution in [0.5, 0.6) is 17.2 Å². The number of nitrogens with zero attached hydrogens (tertiary/aromatic N) is 3. The Labute approximate surface area is 220 Å². The van der Waals surface area contributed by atoms with Crippen molar-refractivity contribution in [2.24, 2.45) is 0 Å². The normalized spacial score (nSPS) is 12.0. The maximum Gasteiger partial charge on any atom is 0.573 e. The van der Waals surface area contributed by atoms with Crippen molar-refractivity contribution < 1.29 is 32.2 Å². The van der Waals surface area contributed by atoms with Crippen molar-refractivity contribution >= 4 is 23.4 Å². The summed E-state index contributed by atoms with van der Waals surface area (Å²) < 4.78 is 55.2. The number of ether oxygens (including phenoxy) is 3. The van der Waals surface area contributed by atoms with Crippen molar-refractivity contribution in [1.29, 1.82) is 0 Å². The van der Waals surface area contributed by atoms with E-state index in [0.717, 1.165) is 23.5 Å². The van der Waals surface area contributed by atoms with Crippen LogP contribution in [0.4, 0.5) is 18.9 Å². The molecule has 8 nitrogen and oxygen atoms in total. The van der Waals surface area contributed by atoms with Crippen LogP contribution < -0.4 is 19.5 Å². The number of carbonyl (C=O) groups is 1. The number of rotatable bonds is 10. The van der Waals surface area contributed by atoms with Gasteiger partial charge in [-0.05, 0) is 43.3 Å². The Balaban J connectivity index is 1.52. The van der Waals surface area contributed by atoms with Gasteiger partial charge in [0.1, 0.15) is 11.5 Å². The second-order valence-electron chi connectivity index (χ2n) is 7.83. The Morgan fingerprint density at radius 3 is 2.45 bits per heavy atom. The molecule has 3 aromatic carbocycles. The first-order valence-electron chi connectivity index (χ1n) is 11.3. The number of hydrogen-bond acceptors (Lipinski definition) is 7. The number of carbonyl (C=O) groups excluding carboxylic acids is 1. The van der Waals surface area contributed by atoms with Crippen LogP contribution >= 0.6 is 11.8 Å². The highest BCUT2D eigenvalue weighted by Gasteiger charge is 2.32. The van der Waals surface area contributed by atoms with Crippen LogP contribution in [-0.4, -0.2) is 39.9 Å². The predicted octanol–water partition coefficient (Wildman–Crippen LogP) is 6.05. The molecule has 12 heteroatoms. The highest BCUT2D eigenvalue weighted by Crippen LogP contribution is 2.31. The van der Waals surface area contributed by atoms with E-state index in [-0.39, 0.29) is 11.4 Å². The third-order valence-electron chi connectivity index (χ3n) is 5.11. The molecule has 4 aromatic rings. The van der Waals surface area contributed by atoms with Gasteiger partial charge in [0.25, 0.3) is 0 Å². The van der Waals surface area contributed by atoms with Crippen LogP contribution in [-0.2, 0) is 4.79 Å². The van der Waals surface area contributed by atoms with E-state index in [4.69, 9.17) is 9.47 Å². The summed E-state index contributed by atoms with van der Waals surface area (Å²) in [6.07, 6.45) is -5.41. The third kappa shape index (κ3) is 6.97. The van der Waals surface area contributed by atoms with Crippen molar-refractivity contribution in [3.63, 3.8) is 0 Å². The third-order valence-corrected chi connectivity index (χ3v) is 6.04. The van der Waals surface area contributed by atoms with Crippen LogP contribution in [0.2, 0.25) is 0 Å². The predicted molar refractivity (Wildman–Crippen MR) is 136 cm³/mol. The molecule has 0 aliphatic carbocycles. The number of halogens is 3. The van der Waals surface area contributed by atoms with Gasteiger partial charge in [0.15, 0.2) is 22.8 Å². The largest absolute Gasteiger partial charge is 0.573 e. The van der Waals surface area contributed by atoms with Crippen molar-refractivity contribution in [1.82, 2.24) is 14.8 Å². The first kappa shape index (κ1) is 26.9. The maximum atomic E-state index is 12.7. The number of benzene rings is 3. The zero-order valence-electron chi connectivity index (χ0n) is 20.3. The molecule has 1 N–H and O–H groups in total. The number of aromatic nitrogens is 3. The molecule has 1 unspecified atom stereocenters. The molecule has 0 aliphatic rings. The molecule has 38 heavy (non-hydrogen) atoms. The minimum absolute atomic E-state index is 0.0963. The Hall–Kier alpha value is -4.19. The van der Waals surface area contributed by atoms with Gasteiger partial charge in [-0.1, -0.05) is 48.2 Å². The van der Waals surface area contributed by atoms with Crippen molar-refractivity contribution in [3.05, 3.63) is 84.7 Å². The number of alkyl halides is 3. The van der Waals surface area contributed by atoms with Crippen LogP contribution in [0, 0.1) is 0 Å². The summed E-state index contributed by atoms with van der Waals surface area (Å²) in [6, 6.07) is 21.8. The SMILES string of the molecule is COc1cccc(OC(C)c2nnc(SCC(=O)Nc3ccccc3OC(F)(F)F)n2-c2ccccc2)c1. The fraction of sp³-hybridized carbons (Fsp3) is 0.192. The Morgan fingerprint density at radius 1 is 1.00 bits per heavy atom. The summed E-state index contributed by atoms with van der Waals surface area (Å²) in [5, 5.41) is 11.4. The number of methoxy groups -OCH3 is 1. The highest BCUT2D eigenvalue weighted by atomic mass is 32.2. The molecule has 0 fully saturated rings. The summed E-state index contributed by atoms with van der Waals surface area (Å²) in [5.74, 6) is 0.521. The summed E-state index contributed by atoms with van der Waals surface area (Å²) in [6.45, 7) is 1.82. The van der Waals surface area contributed by atoms with Gasteiger partial charge in [-0.25, -0.2) is 0 Å². The summed E-state index contributed by atoms with van der Waals surface area (Å²) in [5.41, 5.74) is 0.654. The summed E-state index contributed by atoms with van der Waals surface area (Å²) >= 11 is 1.08. The molecule has 1 amide bonds. The van der Waals surface area contributed by atoms with E-state index in [1.165, 1.54) is 18.2 Å². The molecule has 4 rings (SSSR count). The number of anilines is 1. The highest BCUT2D eigenvalue weighted by molar-refractivity contribution is 7.99. The Bertz CT molecular complexity index is 1380. The van der Waals surface area contributed by atoms with E-state index < -0.39 is 24.1 Å². The molecular formula is C26H23F3N4O4S. The van der Waals surface area contributed by atoms with Crippen molar-refractivity contribution in [2.45, 2.75) is 24.5 Å². The fourth-order valence-corrected chi connectivity index (χ4v) is 4.25. The summed E-state index contributed by atoms with van der Waals surface area (Å²) in [4.78, 5) is 12.6. The molecule has 0 saturated heterocycles. The maximum absolute atomic E-state index is 12.7. The van der Waals surface area contributed by atoms with Gasteiger partial charge in [-0.15, -0.1) is 23.4 Å². The topological polar surface area (TPSA) is 87.5 Å². The molecule has 0 saturated carbocycles. The zero-order valence-corrected chi connectivity index (χ0v) is 21.1. The van der Waals surface area contributed by atoms with Crippen LogP contribution in [0.15, 0.2) is 84.0 Å². The lowest BCUT2D eigenvalue weighted by Crippen LogP contribution is -2.20. The van der Waals surface area contributed by atoms with E-state index >= 15 is 0 Å². The molecule has 1 aromatic heterocycles. The van der Waals surface area contributed by atoms with Gasteiger partial charge in [0.2, 0.25) is 5.91 Å². The summed E-state index contributed by atoms with van der Waals surface area (Å²) in [7, 11) is 1.57. The van der Waals surface area contributed by atoms with Gasteiger partial charge in [0, 0.05) is 11.8 Å². The zero-order chi connectivity index (χ0) is 27.1. The van der Waals surface area contributed by atoms with Gasteiger partial charge < -0.3 is 19.5 Å². The lowest BCUT2D eigenvalue weighted by Gasteiger charge is -2.17. The lowest BCUT2D eigenvalue weighted by molar-refractivity contribution is -0.274. The Kier molecular flexibility index (Phi) is 8.41. The number of thioether (sulfide) groups is 1. The van der Waals surface area contributed by atoms with Gasteiger partial charge in [-0.2, -0.15) is 0 Å². The van der Waals surface area contributed by atoms with Crippen LogP contribution in [0.1, 0.15) is 18.9 Å². The second kappa shape index (κ2) is 11.9. The van der Waals surface area contributed by atoms with E-state index in [0.29, 0.717) is 22.5 Å². The quantitative estimate of drug-likeness (QED) is 0.243. The molecule has 198 valence electrons. The molecule has 1 atom stereocenters. The first-order valence-corrected chi connectivity index (χ1v) is 12.3. The smallest absolute Gasteiger partial charge is 0.497 e. The Morgan fingerprint density at radius 2 is 1.71 bits per heavy atom. The molecular weight excluding hydrogens is 521 g/mol. The van der Waals surface area contributed by atoms with Gasteiger partial charge >= 0.3 is 6.36 Å². The molecule has 0 spiro atoms. The molecule has 1 heterocycles. The monoisotopic (exact) mass is 544 g/mol. The minimum Gasteiger partial charge on any atom is -0.497 e. The number of hydrogen-bond donors (Lipinski definition) is 1. The van der Waals surface area contributed by atoms with Gasteiger partial charge in [0.05, 0.1) is 18.6 Å². The average molecular weight is 545 g/mol. The standard InChI is InChI=1S/C26H23F3N4O4S/c1-17(36-20-12-8-11-19(15-20)35-2)24-31-32-25(33(24)18-9-4-3-5-10-18)38-16-23(34)30-21-13-6-7-14-22(21)37-26(27,28)29/h3-15,17H,16H2,1-2H3,(H,30,34). The number of nitrogens with one attached hydrogen (secondary N) is 1. The average Bonchev–Trinajstić information content (AvgIpc) is 3.33. The molecule has 0 aliphatic heterocycles. The van der Waals surface area contributed by atoms with Crippen LogP contribution in [0.3, 0.4) is 0 Å². The lowest BCUT2D eigenvalue weighted by atomic mass is 10.3. The number of amides is 1. The van der Waals surface area contributed by atoms with E-state index in [9.17, 15) is 18.0 Å². The van der Waals surface area contributed by atoms with Gasteiger partial charge in [-0.3, -0.25) is 9.36 Å².